The van der Waals surface area contributed by atoms with Gasteiger partial charge in [-0.15, -0.1) is 11.3 Å². The molecule has 6 nitrogen and oxygen atoms in total. The van der Waals surface area contributed by atoms with Gasteiger partial charge in [0.1, 0.15) is 5.52 Å². The summed E-state index contributed by atoms with van der Waals surface area (Å²) in [5.41, 5.74) is 6.68. The molecule has 4 rings (SSSR count). The Hall–Kier alpha value is -3.19. The number of hydrogen-bond donors (Lipinski definition) is 3. The molecule has 7 heteroatoms. The molecule has 4 aromatic rings. The topological polar surface area (TPSA) is 101 Å². The van der Waals surface area contributed by atoms with Crippen molar-refractivity contribution in [1.29, 1.82) is 0 Å². The molecule has 25 heavy (non-hydrogen) atoms. The summed E-state index contributed by atoms with van der Waals surface area (Å²) in [5.74, 6) is -0.863. The number of fused-ring (bicyclic) bond motifs is 2. The summed E-state index contributed by atoms with van der Waals surface area (Å²) in [7, 11) is 0. The number of imidazole rings is 1. The molecule has 0 aliphatic heterocycles. The summed E-state index contributed by atoms with van der Waals surface area (Å²) in [4.78, 5) is 31.9. The zero-order chi connectivity index (χ0) is 17.4. The SMILES string of the molecule is NC(=O)c1nc2c(C(=O)NCc3cc4ccccc4s3)cccc2[nH]1. The third kappa shape index (κ3) is 2.85. The van der Waals surface area contributed by atoms with E-state index in [2.05, 4.69) is 27.4 Å². The number of aromatic nitrogens is 2. The molecular formula is C18H14N4O2S. The molecule has 2 aromatic carbocycles. The lowest BCUT2D eigenvalue weighted by Crippen LogP contribution is -2.22. The lowest BCUT2D eigenvalue weighted by atomic mass is 10.1. The minimum Gasteiger partial charge on any atom is -0.363 e. The Morgan fingerprint density at radius 3 is 2.80 bits per heavy atom. The highest BCUT2D eigenvalue weighted by molar-refractivity contribution is 7.19. The summed E-state index contributed by atoms with van der Waals surface area (Å²) < 4.78 is 1.19. The van der Waals surface area contributed by atoms with Gasteiger partial charge in [-0.25, -0.2) is 4.98 Å². The summed E-state index contributed by atoms with van der Waals surface area (Å²) >= 11 is 1.65. The van der Waals surface area contributed by atoms with Gasteiger partial charge >= 0.3 is 0 Å². The first-order valence-corrected chi connectivity index (χ1v) is 8.47. The number of aromatic amines is 1. The number of H-pyrrole nitrogens is 1. The normalized spacial score (nSPS) is 11.0. The van der Waals surface area contributed by atoms with Crippen molar-refractivity contribution in [2.24, 2.45) is 5.73 Å². The zero-order valence-corrected chi connectivity index (χ0v) is 13.9. The molecule has 124 valence electrons. The number of benzene rings is 2. The van der Waals surface area contributed by atoms with Crippen LogP contribution in [0.15, 0.2) is 48.5 Å². The molecule has 2 aromatic heterocycles. The Morgan fingerprint density at radius 1 is 1.16 bits per heavy atom. The van der Waals surface area contributed by atoms with Crippen molar-refractivity contribution in [3.8, 4) is 0 Å². The van der Waals surface area contributed by atoms with Crippen molar-refractivity contribution >= 4 is 44.3 Å². The lowest BCUT2D eigenvalue weighted by Gasteiger charge is -2.04. The molecule has 0 saturated carbocycles. The summed E-state index contributed by atoms with van der Waals surface area (Å²) in [6, 6.07) is 15.3. The van der Waals surface area contributed by atoms with E-state index < -0.39 is 5.91 Å². The Morgan fingerprint density at radius 2 is 2.00 bits per heavy atom. The van der Waals surface area contributed by atoms with Gasteiger partial charge in [0, 0.05) is 9.58 Å². The smallest absolute Gasteiger partial charge is 0.284 e. The van der Waals surface area contributed by atoms with Crippen molar-refractivity contribution in [3.63, 3.8) is 0 Å². The van der Waals surface area contributed by atoms with E-state index in [1.807, 2.05) is 18.2 Å². The Kier molecular flexibility index (Phi) is 3.70. The maximum atomic E-state index is 12.5. The summed E-state index contributed by atoms with van der Waals surface area (Å²) in [6.07, 6.45) is 0. The van der Waals surface area contributed by atoms with Gasteiger partial charge in [-0.2, -0.15) is 0 Å². The third-order valence-electron chi connectivity index (χ3n) is 3.89. The number of primary amides is 1. The van der Waals surface area contributed by atoms with Crippen LogP contribution < -0.4 is 11.1 Å². The van der Waals surface area contributed by atoms with Crippen LogP contribution in [0.1, 0.15) is 25.9 Å². The molecule has 0 atom stereocenters. The van der Waals surface area contributed by atoms with Crippen LogP contribution in [0.2, 0.25) is 0 Å². The number of carbonyl (C=O) groups excluding carboxylic acids is 2. The van der Waals surface area contributed by atoms with Crippen molar-refractivity contribution < 1.29 is 9.59 Å². The van der Waals surface area contributed by atoms with E-state index in [1.54, 1.807) is 29.5 Å². The number of hydrogen-bond acceptors (Lipinski definition) is 4. The van der Waals surface area contributed by atoms with E-state index in [0.717, 1.165) is 10.3 Å². The maximum Gasteiger partial charge on any atom is 0.284 e. The number of carbonyl (C=O) groups is 2. The monoisotopic (exact) mass is 350 g/mol. The number of para-hydroxylation sites is 1. The third-order valence-corrected chi connectivity index (χ3v) is 5.01. The minimum atomic E-state index is -0.659. The van der Waals surface area contributed by atoms with Crippen molar-refractivity contribution in [3.05, 3.63) is 64.8 Å². The summed E-state index contributed by atoms with van der Waals surface area (Å²) in [6.45, 7) is 0.432. The van der Waals surface area contributed by atoms with Gasteiger partial charge in [-0.3, -0.25) is 9.59 Å². The summed E-state index contributed by atoms with van der Waals surface area (Å²) in [5, 5.41) is 4.07. The number of nitrogens with two attached hydrogens (primary N) is 1. The van der Waals surface area contributed by atoms with Crippen LogP contribution in [0.25, 0.3) is 21.1 Å². The molecule has 4 N–H and O–H groups in total. The van der Waals surface area contributed by atoms with Gasteiger partial charge in [0.25, 0.3) is 11.8 Å². The number of thiophene rings is 1. The second-order valence-corrected chi connectivity index (χ2v) is 6.75. The van der Waals surface area contributed by atoms with Crippen molar-refractivity contribution in [2.45, 2.75) is 6.54 Å². The van der Waals surface area contributed by atoms with Gasteiger partial charge < -0.3 is 16.0 Å². The van der Waals surface area contributed by atoms with E-state index in [0.29, 0.717) is 23.1 Å². The fourth-order valence-electron chi connectivity index (χ4n) is 2.72. The number of amides is 2. The van der Waals surface area contributed by atoms with Crippen molar-refractivity contribution in [1.82, 2.24) is 15.3 Å². The average Bonchev–Trinajstić information content (AvgIpc) is 3.22. The number of rotatable bonds is 4. The first kappa shape index (κ1) is 15.3. The second-order valence-electron chi connectivity index (χ2n) is 5.58. The molecular weight excluding hydrogens is 336 g/mol. The predicted molar refractivity (Wildman–Crippen MR) is 97.6 cm³/mol. The van der Waals surface area contributed by atoms with Crippen molar-refractivity contribution in [2.75, 3.05) is 0 Å². The van der Waals surface area contributed by atoms with E-state index >= 15 is 0 Å². The highest BCUT2D eigenvalue weighted by Gasteiger charge is 2.15. The van der Waals surface area contributed by atoms with Crippen LogP contribution in [-0.4, -0.2) is 21.8 Å². The average molecular weight is 350 g/mol. The van der Waals surface area contributed by atoms with E-state index in [9.17, 15) is 9.59 Å². The van der Waals surface area contributed by atoms with E-state index in [4.69, 9.17) is 5.73 Å². The first-order chi connectivity index (χ1) is 12.1. The quantitative estimate of drug-likeness (QED) is 0.527. The Bertz CT molecular complexity index is 1080. The van der Waals surface area contributed by atoms with Crippen LogP contribution in [0.5, 0.6) is 0 Å². The second kappa shape index (κ2) is 6.03. The van der Waals surface area contributed by atoms with Crippen LogP contribution in [0.3, 0.4) is 0 Å². The molecule has 0 aliphatic carbocycles. The molecule has 0 saturated heterocycles. The van der Waals surface area contributed by atoms with Crippen LogP contribution in [0.4, 0.5) is 0 Å². The number of nitrogens with zero attached hydrogens (tertiary/aromatic N) is 1. The maximum absolute atomic E-state index is 12.5. The highest BCUT2D eigenvalue weighted by Crippen LogP contribution is 2.25. The van der Waals surface area contributed by atoms with Gasteiger partial charge in [0.15, 0.2) is 5.82 Å². The fraction of sp³-hybridized carbons (Fsp3) is 0.0556. The standard InChI is InChI=1S/C18H14N4O2S/c19-16(23)17-21-13-6-3-5-12(15(13)22-17)18(24)20-9-11-8-10-4-1-2-7-14(10)25-11/h1-8H,9H2,(H2,19,23)(H,20,24)(H,21,22). The molecule has 2 amide bonds. The molecule has 0 bridgehead atoms. The van der Waals surface area contributed by atoms with Gasteiger partial charge in [-0.05, 0) is 29.7 Å². The molecule has 2 heterocycles. The Balaban J connectivity index is 1.58. The largest absolute Gasteiger partial charge is 0.363 e. The minimum absolute atomic E-state index is 0.0414. The molecule has 0 aliphatic rings. The van der Waals surface area contributed by atoms with Crippen LogP contribution in [-0.2, 0) is 6.54 Å². The van der Waals surface area contributed by atoms with E-state index in [1.165, 1.54) is 4.70 Å². The van der Waals surface area contributed by atoms with Gasteiger partial charge in [0.05, 0.1) is 17.6 Å². The molecule has 0 fully saturated rings. The first-order valence-electron chi connectivity index (χ1n) is 7.66. The van der Waals surface area contributed by atoms with Gasteiger partial charge in [-0.1, -0.05) is 24.3 Å². The predicted octanol–water partition coefficient (Wildman–Crippen LogP) is 2.81. The van der Waals surface area contributed by atoms with Gasteiger partial charge in [0.2, 0.25) is 0 Å². The molecule has 0 radical (unpaired) electrons. The van der Waals surface area contributed by atoms with Crippen LogP contribution in [0, 0.1) is 0 Å². The van der Waals surface area contributed by atoms with Crippen LogP contribution >= 0.6 is 11.3 Å². The zero-order valence-electron chi connectivity index (χ0n) is 13.1. The van der Waals surface area contributed by atoms with E-state index in [-0.39, 0.29) is 11.7 Å². The highest BCUT2D eigenvalue weighted by atomic mass is 32.1. The molecule has 0 spiro atoms. The Labute approximate surface area is 146 Å². The molecule has 0 unspecified atom stereocenters. The lowest BCUT2D eigenvalue weighted by molar-refractivity contribution is 0.0950. The fourth-order valence-corrected chi connectivity index (χ4v) is 3.72. The number of nitrogens with one attached hydrogen (secondary N) is 2.